The summed E-state index contributed by atoms with van der Waals surface area (Å²) in [6, 6.07) is 9.90. The molecule has 3 aromatic rings. The number of likely N-dealkylation sites (tertiary alicyclic amines) is 1. The van der Waals surface area contributed by atoms with E-state index >= 15 is 0 Å². The maximum atomic E-state index is 11.3. The molecule has 1 fully saturated rings. The molecule has 30 heavy (non-hydrogen) atoms. The maximum absolute atomic E-state index is 11.3. The number of benzene rings is 2. The Kier molecular flexibility index (Phi) is 5.62. The Balaban J connectivity index is 1.65. The summed E-state index contributed by atoms with van der Waals surface area (Å²) in [5.74, 6) is 0.787. The van der Waals surface area contributed by atoms with E-state index in [1.807, 2.05) is 12.1 Å². The van der Waals surface area contributed by atoms with Gasteiger partial charge < -0.3 is 19.8 Å². The minimum absolute atomic E-state index is 0.0401. The van der Waals surface area contributed by atoms with Crippen LogP contribution in [0.2, 0.25) is 5.02 Å². The standard InChI is InChI=1S/C20H18ClN5O4/c21-14-9-12(6-7-16(14)27)24-25-19-18-15(22-11-23-19)4-1-5-17(18)30-13-3-2-8-26(10-13)20(28)29/h1,4-7,9,11,13,27H,2-3,8,10H2,(H,28,29)/b25-24+/t13-/m1/s1. The van der Waals surface area contributed by atoms with E-state index in [1.165, 1.54) is 23.4 Å². The van der Waals surface area contributed by atoms with Crippen LogP contribution in [0.1, 0.15) is 12.8 Å². The Morgan fingerprint density at radius 3 is 2.90 bits per heavy atom. The van der Waals surface area contributed by atoms with Gasteiger partial charge in [-0.2, -0.15) is 0 Å². The van der Waals surface area contributed by atoms with Crippen molar-refractivity contribution in [1.29, 1.82) is 0 Å². The van der Waals surface area contributed by atoms with Gasteiger partial charge in [0.25, 0.3) is 0 Å². The summed E-state index contributed by atoms with van der Waals surface area (Å²) in [6.45, 7) is 0.796. The third kappa shape index (κ3) is 4.25. The molecule has 154 valence electrons. The molecule has 1 aliphatic rings. The predicted octanol–water partition coefficient (Wildman–Crippen LogP) is 4.93. The lowest BCUT2D eigenvalue weighted by Crippen LogP contribution is -2.43. The Morgan fingerprint density at radius 2 is 2.10 bits per heavy atom. The van der Waals surface area contributed by atoms with Crippen LogP contribution in [0.4, 0.5) is 16.3 Å². The molecule has 2 heterocycles. The number of carbonyl (C=O) groups is 1. The van der Waals surface area contributed by atoms with E-state index in [-0.39, 0.29) is 16.9 Å². The summed E-state index contributed by atoms with van der Waals surface area (Å²) in [6.07, 6.45) is 1.63. The highest BCUT2D eigenvalue weighted by molar-refractivity contribution is 6.32. The van der Waals surface area contributed by atoms with Gasteiger partial charge in [-0.1, -0.05) is 17.7 Å². The van der Waals surface area contributed by atoms with Crippen LogP contribution in [-0.2, 0) is 0 Å². The van der Waals surface area contributed by atoms with Gasteiger partial charge in [-0.25, -0.2) is 14.8 Å². The average molecular weight is 428 g/mol. The van der Waals surface area contributed by atoms with Gasteiger partial charge in [0.2, 0.25) is 0 Å². The number of aromatic hydroxyl groups is 1. The molecule has 0 radical (unpaired) electrons. The summed E-state index contributed by atoms with van der Waals surface area (Å²) in [5, 5.41) is 27.9. The lowest BCUT2D eigenvalue weighted by atomic mass is 10.1. The number of phenolic OH excluding ortho intramolecular Hbond substituents is 1. The second-order valence-electron chi connectivity index (χ2n) is 6.79. The molecule has 1 aromatic heterocycles. The van der Waals surface area contributed by atoms with Crippen molar-refractivity contribution in [3.63, 3.8) is 0 Å². The number of phenols is 1. The summed E-state index contributed by atoms with van der Waals surface area (Å²) < 4.78 is 6.14. The molecule has 1 aliphatic heterocycles. The minimum atomic E-state index is -0.952. The number of azo groups is 1. The maximum Gasteiger partial charge on any atom is 0.407 e. The van der Waals surface area contributed by atoms with Crippen molar-refractivity contribution in [2.24, 2.45) is 10.2 Å². The minimum Gasteiger partial charge on any atom is -0.506 e. The highest BCUT2D eigenvalue weighted by atomic mass is 35.5. The van der Waals surface area contributed by atoms with Crippen LogP contribution >= 0.6 is 11.6 Å². The summed E-state index contributed by atoms with van der Waals surface area (Å²) >= 11 is 5.92. The van der Waals surface area contributed by atoms with E-state index < -0.39 is 6.09 Å². The van der Waals surface area contributed by atoms with E-state index in [2.05, 4.69) is 20.2 Å². The largest absolute Gasteiger partial charge is 0.506 e. The molecule has 0 saturated carbocycles. The van der Waals surface area contributed by atoms with Gasteiger partial charge in [-0.15, -0.1) is 10.2 Å². The van der Waals surface area contributed by atoms with Gasteiger partial charge in [0.05, 0.1) is 28.2 Å². The SMILES string of the molecule is O=C(O)N1CCC[C@@H](Oc2cccc3ncnc(/N=N/c4ccc(O)c(Cl)c4)c23)C1. The number of fused-ring (bicyclic) bond motifs is 1. The van der Waals surface area contributed by atoms with Crippen LogP contribution in [0.25, 0.3) is 10.9 Å². The molecule has 9 nitrogen and oxygen atoms in total. The van der Waals surface area contributed by atoms with Crippen LogP contribution in [0.3, 0.4) is 0 Å². The number of carboxylic acid groups (broad SMARTS) is 1. The van der Waals surface area contributed by atoms with Crippen LogP contribution in [0.5, 0.6) is 11.5 Å². The second-order valence-corrected chi connectivity index (χ2v) is 7.20. The third-order valence-electron chi connectivity index (χ3n) is 4.74. The van der Waals surface area contributed by atoms with Crippen molar-refractivity contribution in [3.8, 4) is 11.5 Å². The average Bonchev–Trinajstić information content (AvgIpc) is 2.75. The van der Waals surface area contributed by atoms with Crippen molar-refractivity contribution in [2.45, 2.75) is 18.9 Å². The molecular weight excluding hydrogens is 410 g/mol. The van der Waals surface area contributed by atoms with E-state index in [0.717, 1.165) is 12.8 Å². The summed E-state index contributed by atoms with van der Waals surface area (Å²) in [7, 11) is 0. The number of hydrogen-bond donors (Lipinski definition) is 2. The summed E-state index contributed by atoms with van der Waals surface area (Å²) in [4.78, 5) is 21.1. The van der Waals surface area contributed by atoms with Gasteiger partial charge in [0, 0.05) is 6.54 Å². The quantitative estimate of drug-likeness (QED) is 0.569. The highest BCUT2D eigenvalue weighted by Crippen LogP contribution is 2.34. The van der Waals surface area contributed by atoms with Crippen molar-refractivity contribution in [2.75, 3.05) is 13.1 Å². The number of amides is 1. The second kappa shape index (κ2) is 8.50. The van der Waals surface area contributed by atoms with Crippen LogP contribution in [-0.4, -0.2) is 50.4 Å². The molecule has 4 rings (SSSR count). The number of hydrogen-bond acceptors (Lipinski definition) is 7. The van der Waals surface area contributed by atoms with Gasteiger partial charge in [-0.05, 0) is 43.2 Å². The monoisotopic (exact) mass is 427 g/mol. The first-order valence-electron chi connectivity index (χ1n) is 9.30. The fourth-order valence-electron chi connectivity index (χ4n) is 3.29. The molecule has 1 atom stereocenters. The molecule has 1 saturated heterocycles. The smallest absolute Gasteiger partial charge is 0.407 e. The Bertz CT molecular complexity index is 1120. The lowest BCUT2D eigenvalue weighted by Gasteiger charge is -2.31. The van der Waals surface area contributed by atoms with Crippen molar-refractivity contribution in [1.82, 2.24) is 14.9 Å². The first kappa shape index (κ1) is 19.8. The first-order valence-corrected chi connectivity index (χ1v) is 9.67. The van der Waals surface area contributed by atoms with Gasteiger partial charge in [0.1, 0.15) is 23.9 Å². The topological polar surface area (TPSA) is 120 Å². The number of piperidine rings is 1. The number of halogens is 1. The molecule has 1 amide bonds. The number of ether oxygens (including phenoxy) is 1. The molecule has 0 aliphatic carbocycles. The first-order chi connectivity index (χ1) is 14.5. The van der Waals surface area contributed by atoms with E-state index in [4.69, 9.17) is 16.3 Å². The van der Waals surface area contributed by atoms with E-state index in [1.54, 1.807) is 12.1 Å². The Morgan fingerprint density at radius 1 is 1.23 bits per heavy atom. The zero-order chi connectivity index (χ0) is 21.1. The van der Waals surface area contributed by atoms with Crippen LogP contribution in [0, 0.1) is 0 Å². The Hall–Kier alpha value is -3.46. The summed E-state index contributed by atoms with van der Waals surface area (Å²) in [5.41, 5.74) is 1.08. The molecule has 0 bridgehead atoms. The van der Waals surface area contributed by atoms with Gasteiger partial charge in [0.15, 0.2) is 5.82 Å². The number of rotatable bonds is 4. The normalized spacial score (nSPS) is 16.8. The zero-order valence-electron chi connectivity index (χ0n) is 15.8. The zero-order valence-corrected chi connectivity index (χ0v) is 16.5. The fraction of sp³-hybridized carbons (Fsp3) is 0.250. The lowest BCUT2D eigenvalue weighted by molar-refractivity contribution is 0.0800. The Labute approximate surface area is 176 Å². The van der Waals surface area contributed by atoms with Crippen LogP contribution < -0.4 is 4.74 Å². The number of aromatic nitrogens is 2. The molecule has 0 spiro atoms. The van der Waals surface area contributed by atoms with Gasteiger partial charge >= 0.3 is 6.09 Å². The fourth-order valence-corrected chi connectivity index (χ4v) is 3.46. The highest BCUT2D eigenvalue weighted by Gasteiger charge is 2.25. The van der Waals surface area contributed by atoms with Gasteiger partial charge in [-0.3, -0.25) is 0 Å². The molecule has 10 heteroatoms. The molecule has 2 aromatic carbocycles. The van der Waals surface area contributed by atoms with Crippen molar-refractivity contribution < 1.29 is 19.7 Å². The van der Waals surface area contributed by atoms with E-state index in [0.29, 0.717) is 41.2 Å². The van der Waals surface area contributed by atoms with E-state index in [9.17, 15) is 15.0 Å². The molecular formula is C20H18ClN5O4. The molecule has 0 unspecified atom stereocenters. The number of nitrogens with zero attached hydrogens (tertiary/aromatic N) is 5. The predicted molar refractivity (Wildman–Crippen MR) is 110 cm³/mol. The van der Waals surface area contributed by atoms with Crippen molar-refractivity contribution >= 4 is 40.1 Å². The van der Waals surface area contributed by atoms with Crippen LogP contribution in [0.15, 0.2) is 53.0 Å². The third-order valence-corrected chi connectivity index (χ3v) is 5.04. The van der Waals surface area contributed by atoms with Crippen molar-refractivity contribution in [3.05, 3.63) is 47.7 Å². The molecule has 2 N–H and O–H groups in total.